The number of hydrogen-bond acceptors (Lipinski definition) is 3. The zero-order valence-electron chi connectivity index (χ0n) is 31.1. The highest BCUT2D eigenvalue weighted by atomic mass is 15.2. The molecule has 0 N–H and O–H groups in total. The number of para-hydroxylation sites is 3. The molecule has 3 heterocycles. The van der Waals surface area contributed by atoms with Crippen molar-refractivity contribution in [3.05, 3.63) is 194 Å². The molecule has 9 aromatic carbocycles. The van der Waals surface area contributed by atoms with E-state index in [2.05, 4.69) is 185 Å². The quantitative estimate of drug-likeness (QED) is 0.169. The summed E-state index contributed by atoms with van der Waals surface area (Å²) in [6, 6.07) is 68.4. The van der Waals surface area contributed by atoms with Crippen LogP contribution in [-0.4, -0.2) is 19.1 Å². The Morgan fingerprint density at radius 1 is 0.362 bits per heavy atom. The molecule has 0 saturated carbocycles. The highest BCUT2D eigenvalue weighted by Gasteiger charge is 2.23. The van der Waals surface area contributed by atoms with Gasteiger partial charge in [0.05, 0.1) is 45.1 Å². The molecule has 0 atom stereocenters. The van der Waals surface area contributed by atoms with Crippen molar-refractivity contribution in [1.82, 2.24) is 19.1 Å². The predicted octanol–water partition coefficient (Wildman–Crippen LogP) is 13.3. The number of rotatable bonds is 4. The summed E-state index contributed by atoms with van der Waals surface area (Å²) in [6.45, 7) is 0. The third-order valence-corrected chi connectivity index (χ3v) is 11.7. The third kappa shape index (κ3) is 4.70. The molecule has 58 heavy (non-hydrogen) atoms. The van der Waals surface area contributed by atoms with E-state index < -0.39 is 0 Å². The van der Waals surface area contributed by atoms with Crippen LogP contribution in [0.3, 0.4) is 0 Å². The summed E-state index contributed by atoms with van der Waals surface area (Å²) in [5.41, 5.74) is 9.74. The molecule has 0 aliphatic heterocycles. The molecule has 268 valence electrons. The van der Waals surface area contributed by atoms with E-state index in [0.717, 1.165) is 93.4 Å². The first-order valence-corrected chi connectivity index (χ1v) is 19.5. The third-order valence-electron chi connectivity index (χ3n) is 11.7. The summed E-state index contributed by atoms with van der Waals surface area (Å²) in [5.74, 6) is 0.599. The van der Waals surface area contributed by atoms with Crippen molar-refractivity contribution in [2.24, 2.45) is 0 Å². The molecule has 0 amide bonds. The van der Waals surface area contributed by atoms with Crippen LogP contribution >= 0.6 is 0 Å². The normalized spacial score (nSPS) is 11.8. The molecule has 0 aliphatic rings. The Morgan fingerprint density at radius 3 is 1.53 bits per heavy atom. The minimum Gasteiger partial charge on any atom is -0.307 e. The molecule has 0 spiro atoms. The highest BCUT2D eigenvalue weighted by Crippen LogP contribution is 2.42. The lowest BCUT2D eigenvalue weighted by Crippen LogP contribution is -2.05. The number of nitriles is 1. The van der Waals surface area contributed by atoms with Crippen LogP contribution in [0.1, 0.15) is 5.56 Å². The average Bonchev–Trinajstić information content (AvgIpc) is 3.82. The van der Waals surface area contributed by atoms with Crippen LogP contribution in [0.2, 0.25) is 0 Å². The Kier molecular flexibility index (Phi) is 6.92. The number of fused-ring (bicyclic) bond motifs is 13. The first-order chi connectivity index (χ1) is 28.7. The lowest BCUT2D eigenvalue weighted by molar-refractivity contribution is 0.995. The summed E-state index contributed by atoms with van der Waals surface area (Å²) in [6.07, 6.45) is 0. The van der Waals surface area contributed by atoms with E-state index in [-0.39, 0.29) is 0 Å². The number of nitrogens with zero attached hydrogens (tertiary/aromatic N) is 5. The van der Waals surface area contributed by atoms with Gasteiger partial charge in [-0.05, 0) is 80.8 Å². The van der Waals surface area contributed by atoms with Gasteiger partial charge >= 0.3 is 0 Å². The molecular formula is C53H31N5. The molecule has 12 rings (SSSR count). The Balaban J connectivity index is 1.20. The highest BCUT2D eigenvalue weighted by molar-refractivity contribution is 6.26. The van der Waals surface area contributed by atoms with Crippen molar-refractivity contribution >= 4 is 75.9 Å². The summed E-state index contributed by atoms with van der Waals surface area (Å²) < 4.78 is 4.66. The molecular weight excluding hydrogens is 707 g/mol. The van der Waals surface area contributed by atoms with E-state index in [0.29, 0.717) is 11.5 Å². The molecule has 0 radical (unpaired) electrons. The van der Waals surface area contributed by atoms with Crippen LogP contribution in [-0.2, 0) is 0 Å². The van der Waals surface area contributed by atoms with E-state index in [4.69, 9.17) is 9.97 Å². The molecule has 3 aromatic heterocycles. The van der Waals surface area contributed by atoms with E-state index in [9.17, 15) is 5.26 Å². The smallest absolute Gasteiger partial charge is 0.235 e. The number of benzene rings is 9. The summed E-state index contributed by atoms with van der Waals surface area (Å²) >= 11 is 0. The molecule has 0 saturated heterocycles. The van der Waals surface area contributed by atoms with Crippen LogP contribution < -0.4 is 0 Å². The predicted molar refractivity (Wildman–Crippen MR) is 239 cm³/mol. The first-order valence-electron chi connectivity index (χ1n) is 19.5. The standard InChI is InChI=1S/C53H31N5/c54-32-33-23-25-40-45(29-33)38-18-8-7-17-37(38)39-26-24-35(30-46(39)40)48-31-47(34-13-3-1-4-14-34)55-53(56-48)58-50-22-12-10-20-42(50)44-28-27-43-41-19-9-11-21-49(41)57(51(43)52(44)58)36-15-5-2-6-16-36/h1-31H. The lowest BCUT2D eigenvalue weighted by atomic mass is 9.92. The van der Waals surface area contributed by atoms with Gasteiger partial charge in [0, 0.05) is 38.4 Å². The molecule has 12 aromatic rings. The van der Waals surface area contributed by atoms with Gasteiger partial charge in [-0.25, -0.2) is 9.97 Å². The zero-order chi connectivity index (χ0) is 38.3. The topological polar surface area (TPSA) is 59.4 Å². The monoisotopic (exact) mass is 737 g/mol. The van der Waals surface area contributed by atoms with Gasteiger partial charge < -0.3 is 4.57 Å². The minimum atomic E-state index is 0.599. The van der Waals surface area contributed by atoms with Gasteiger partial charge in [0.2, 0.25) is 5.95 Å². The largest absolute Gasteiger partial charge is 0.307 e. The second-order valence-electron chi connectivity index (χ2n) is 14.9. The molecule has 0 bridgehead atoms. The van der Waals surface area contributed by atoms with Gasteiger partial charge in [-0.3, -0.25) is 4.57 Å². The van der Waals surface area contributed by atoms with E-state index in [1.165, 1.54) is 10.8 Å². The SMILES string of the molecule is N#Cc1ccc2c(c1)c1ccccc1c1ccc(-c3cc(-c4ccccc4)nc(-n4c5ccccc5c5ccc6c7ccccc7n(-c7ccccc7)c6c54)n3)cc12. The maximum atomic E-state index is 9.83. The fourth-order valence-corrected chi connectivity index (χ4v) is 9.18. The van der Waals surface area contributed by atoms with Crippen LogP contribution in [0, 0.1) is 11.3 Å². The van der Waals surface area contributed by atoms with E-state index >= 15 is 0 Å². The van der Waals surface area contributed by atoms with Gasteiger partial charge in [0.25, 0.3) is 0 Å². The van der Waals surface area contributed by atoms with Crippen molar-refractivity contribution in [1.29, 1.82) is 5.26 Å². The van der Waals surface area contributed by atoms with Crippen LogP contribution in [0.4, 0.5) is 0 Å². The van der Waals surface area contributed by atoms with Crippen molar-refractivity contribution in [3.8, 4) is 40.2 Å². The van der Waals surface area contributed by atoms with Crippen LogP contribution in [0.15, 0.2) is 188 Å². The zero-order valence-corrected chi connectivity index (χ0v) is 31.1. The Hall–Kier alpha value is -8.07. The molecule has 0 aliphatic carbocycles. The van der Waals surface area contributed by atoms with Gasteiger partial charge in [-0.15, -0.1) is 0 Å². The van der Waals surface area contributed by atoms with Crippen molar-refractivity contribution < 1.29 is 0 Å². The Morgan fingerprint density at radius 2 is 0.845 bits per heavy atom. The molecule has 5 heteroatoms. The van der Waals surface area contributed by atoms with Gasteiger partial charge in [-0.1, -0.05) is 140 Å². The van der Waals surface area contributed by atoms with E-state index in [1.807, 2.05) is 18.2 Å². The van der Waals surface area contributed by atoms with Gasteiger partial charge in [0.1, 0.15) is 0 Å². The van der Waals surface area contributed by atoms with Gasteiger partial charge in [-0.2, -0.15) is 5.26 Å². The fraction of sp³-hybridized carbons (Fsp3) is 0. The maximum absolute atomic E-state index is 9.83. The molecule has 5 nitrogen and oxygen atoms in total. The van der Waals surface area contributed by atoms with Crippen molar-refractivity contribution in [2.75, 3.05) is 0 Å². The van der Waals surface area contributed by atoms with Crippen LogP contribution in [0.25, 0.3) is 110 Å². The van der Waals surface area contributed by atoms with Crippen molar-refractivity contribution in [2.45, 2.75) is 0 Å². The summed E-state index contributed by atoms with van der Waals surface area (Å²) in [7, 11) is 0. The molecule has 0 unspecified atom stereocenters. The second kappa shape index (κ2) is 12.5. The van der Waals surface area contributed by atoms with Crippen LogP contribution in [0.5, 0.6) is 0 Å². The summed E-state index contributed by atoms with van der Waals surface area (Å²) in [5, 5.41) is 21.2. The average molecular weight is 738 g/mol. The lowest BCUT2D eigenvalue weighted by Gasteiger charge is -2.15. The van der Waals surface area contributed by atoms with Crippen molar-refractivity contribution in [3.63, 3.8) is 0 Å². The summed E-state index contributed by atoms with van der Waals surface area (Å²) in [4.78, 5) is 10.9. The maximum Gasteiger partial charge on any atom is 0.235 e. The minimum absolute atomic E-state index is 0.599. The number of aromatic nitrogens is 4. The van der Waals surface area contributed by atoms with Gasteiger partial charge in [0.15, 0.2) is 0 Å². The second-order valence-corrected chi connectivity index (χ2v) is 14.9. The van der Waals surface area contributed by atoms with E-state index in [1.54, 1.807) is 0 Å². The first kappa shape index (κ1) is 32.2. The Labute approximate surface area is 332 Å². The Bertz CT molecular complexity index is 3680. The fourth-order valence-electron chi connectivity index (χ4n) is 9.18. The molecule has 0 fully saturated rings. The number of hydrogen-bond donors (Lipinski definition) is 0.